The first-order valence-electron chi connectivity index (χ1n) is 4.90. The molecule has 5 nitrogen and oxygen atoms in total. The minimum Gasteiger partial charge on any atom is -0.502 e. The molecule has 0 spiro atoms. The SMILES string of the molecule is COc1c(-c2cc(N)n(C)n2)ccc(F)c1O. The van der Waals surface area contributed by atoms with Crippen molar-refractivity contribution in [1.29, 1.82) is 0 Å². The molecular weight excluding hydrogens is 225 g/mol. The second-order valence-electron chi connectivity index (χ2n) is 3.55. The Hall–Kier alpha value is -2.24. The maximum Gasteiger partial charge on any atom is 0.194 e. The molecule has 0 bridgehead atoms. The molecule has 17 heavy (non-hydrogen) atoms. The molecule has 1 aromatic heterocycles. The molecule has 0 fully saturated rings. The quantitative estimate of drug-likeness (QED) is 0.830. The summed E-state index contributed by atoms with van der Waals surface area (Å²) in [4.78, 5) is 0. The topological polar surface area (TPSA) is 73.3 Å². The summed E-state index contributed by atoms with van der Waals surface area (Å²) in [5.41, 5.74) is 6.66. The van der Waals surface area contributed by atoms with E-state index in [1.165, 1.54) is 17.9 Å². The van der Waals surface area contributed by atoms with Crippen molar-refractivity contribution in [3.8, 4) is 22.8 Å². The summed E-state index contributed by atoms with van der Waals surface area (Å²) in [5.74, 6) is -0.766. The normalized spacial score (nSPS) is 10.5. The lowest BCUT2D eigenvalue weighted by Crippen LogP contribution is -1.97. The van der Waals surface area contributed by atoms with Gasteiger partial charge in [-0.25, -0.2) is 4.39 Å². The van der Waals surface area contributed by atoms with E-state index in [9.17, 15) is 9.50 Å². The first kappa shape index (κ1) is 11.3. The van der Waals surface area contributed by atoms with Gasteiger partial charge in [-0.3, -0.25) is 4.68 Å². The molecule has 90 valence electrons. The number of hydrogen-bond acceptors (Lipinski definition) is 4. The fourth-order valence-electron chi connectivity index (χ4n) is 1.57. The highest BCUT2D eigenvalue weighted by Crippen LogP contribution is 2.38. The fourth-order valence-corrected chi connectivity index (χ4v) is 1.57. The Morgan fingerprint density at radius 2 is 2.18 bits per heavy atom. The van der Waals surface area contributed by atoms with Crippen LogP contribution in [0.25, 0.3) is 11.3 Å². The van der Waals surface area contributed by atoms with Crippen LogP contribution in [0, 0.1) is 5.82 Å². The maximum absolute atomic E-state index is 13.2. The van der Waals surface area contributed by atoms with Crippen molar-refractivity contribution < 1.29 is 14.2 Å². The Bertz CT molecular complexity index is 547. The molecule has 0 aliphatic rings. The molecular formula is C11H12FN3O2. The average Bonchev–Trinajstić information content (AvgIpc) is 2.62. The summed E-state index contributed by atoms with van der Waals surface area (Å²) in [6.45, 7) is 0. The zero-order valence-electron chi connectivity index (χ0n) is 9.44. The second-order valence-corrected chi connectivity index (χ2v) is 3.55. The van der Waals surface area contributed by atoms with Crippen LogP contribution in [0.1, 0.15) is 0 Å². The molecule has 1 aromatic carbocycles. The number of aryl methyl sites for hydroxylation is 1. The van der Waals surface area contributed by atoms with Crippen LogP contribution in [0.2, 0.25) is 0 Å². The molecule has 0 aliphatic carbocycles. The summed E-state index contributed by atoms with van der Waals surface area (Å²) < 4.78 is 19.6. The number of phenols is 1. The van der Waals surface area contributed by atoms with Gasteiger partial charge in [0.2, 0.25) is 0 Å². The highest BCUT2D eigenvalue weighted by Gasteiger charge is 2.17. The maximum atomic E-state index is 13.2. The second kappa shape index (κ2) is 3.97. The van der Waals surface area contributed by atoms with Crippen molar-refractivity contribution in [2.24, 2.45) is 7.05 Å². The van der Waals surface area contributed by atoms with E-state index in [1.807, 2.05) is 0 Å². The van der Waals surface area contributed by atoms with E-state index >= 15 is 0 Å². The van der Waals surface area contributed by atoms with Crippen LogP contribution in [0.5, 0.6) is 11.5 Å². The summed E-state index contributed by atoms with van der Waals surface area (Å²) in [7, 11) is 3.04. The zero-order valence-corrected chi connectivity index (χ0v) is 9.44. The van der Waals surface area contributed by atoms with Gasteiger partial charge in [0, 0.05) is 18.7 Å². The average molecular weight is 237 g/mol. The van der Waals surface area contributed by atoms with Crippen LogP contribution in [0.4, 0.5) is 10.2 Å². The van der Waals surface area contributed by atoms with Crippen molar-refractivity contribution in [2.45, 2.75) is 0 Å². The van der Waals surface area contributed by atoms with Crippen LogP contribution in [-0.4, -0.2) is 22.0 Å². The summed E-state index contributed by atoms with van der Waals surface area (Å²) in [6.07, 6.45) is 0. The fraction of sp³-hybridized carbons (Fsp3) is 0.182. The minimum atomic E-state index is -0.741. The number of nitrogens with two attached hydrogens (primary N) is 1. The van der Waals surface area contributed by atoms with Gasteiger partial charge in [0.15, 0.2) is 17.3 Å². The van der Waals surface area contributed by atoms with Crippen LogP contribution < -0.4 is 10.5 Å². The third kappa shape index (κ3) is 1.77. The molecule has 6 heteroatoms. The Balaban J connectivity index is 2.63. The number of nitrogens with zero attached hydrogens (tertiary/aromatic N) is 2. The van der Waals surface area contributed by atoms with Gasteiger partial charge in [0.1, 0.15) is 5.82 Å². The van der Waals surface area contributed by atoms with Crippen LogP contribution in [0.15, 0.2) is 18.2 Å². The number of benzene rings is 1. The number of nitrogen functional groups attached to an aromatic ring is 1. The number of rotatable bonds is 2. The van der Waals surface area contributed by atoms with Crippen molar-refractivity contribution >= 4 is 5.82 Å². The van der Waals surface area contributed by atoms with Gasteiger partial charge in [-0.15, -0.1) is 0 Å². The number of aromatic nitrogens is 2. The zero-order chi connectivity index (χ0) is 12.6. The lowest BCUT2D eigenvalue weighted by molar-refractivity contribution is 0.358. The first-order valence-corrected chi connectivity index (χ1v) is 4.90. The third-order valence-electron chi connectivity index (χ3n) is 2.48. The lowest BCUT2D eigenvalue weighted by atomic mass is 10.1. The van der Waals surface area contributed by atoms with E-state index in [0.717, 1.165) is 6.07 Å². The molecule has 0 aliphatic heterocycles. The van der Waals surface area contributed by atoms with Gasteiger partial charge < -0.3 is 15.6 Å². The Morgan fingerprint density at radius 3 is 2.71 bits per heavy atom. The van der Waals surface area contributed by atoms with E-state index in [2.05, 4.69) is 5.10 Å². The Labute approximate surface area is 97.2 Å². The van der Waals surface area contributed by atoms with Crippen molar-refractivity contribution in [2.75, 3.05) is 12.8 Å². The molecule has 0 amide bonds. The van der Waals surface area contributed by atoms with Crippen molar-refractivity contribution in [3.05, 3.63) is 24.0 Å². The van der Waals surface area contributed by atoms with Crippen molar-refractivity contribution in [3.63, 3.8) is 0 Å². The number of aromatic hydroxyl groups is 1. The minimum absolute atomic E-state index is 0.0445. The summed E-state index contributed by atoms with van der Waals surface area (Å²) in [6, 6.07) is 4.25. The molecule has 0 saturated carbocycles. The molecule has 0 radical (unpaired) electrons. The predicted octanol–water partition coefficient (Wildman–Crippen LogP) is 1.52. The van der Waals surface area contributed by atoms with Crippen LogP contribution in [0.3, 0.4) is 0 Å². The van der Waals surface area contributed by atoms with Gasteiger partial charge in [-0.2, -0.15) is 5.10 Å². The first-order chi connectivity index (χ1) is 8.04. The molecule has 2 aromatic rings. The molecule has 0 unspecified atom stereocenters. The molecule has 0 saturated heterocycles. The molecule has 1 heterocycles. The van der Waals surface area contributed by atoms with E-state index in [1.54, 1.807) is 13.1 Å². The number of hydrogen-bond donors (Lipinski definition) is 2. The van der Waals surface area contributed by atoms with Crippen LogP contribution >= 0.6 is 0 Å². The predicted molar refractivity (Wildman–Crippen MR) is 61.2 cm³/mol. The molecule has 3 N–H and O–H groups in total. The molecule has 0 atom stereocenters. The lowest BCUT2D eigenvalue weighted by Gasteiger charge is -2.08. The third-order valence-corrected chi connectivity index (χ3v) is 2.48. The number of ether oxygens (including phenoxy) is 1. The largest absolute Gasteiger partial charge is 0.502 e. The van der Waals surface area contributed by atoms with E-state index in [-0.39, 0.29) is 5.75 Å². The van der Waals surface area contributed by atoms with E-state index in [0.29, 0.717) is 17.1 Å². The summed E-state index contributed by atoms with van der Waals surface area (Å²) >= 11 is 0. The standard InChI is InChI=1S/C11H12FN3O2/c1-15-9(13)5-8(14-15)6-3-4-7(12)10(16)11(6)17-2/h3-5,16H,13H2,1-2H3. The van der Waals surface area contributed by atoms with Gasteiger partial charge in [0.25, 0.3) is 0 Å². The van der Waals surface area contributed by atoms with E-state index < -0.39 is 11.6 Å². The van der Waals surface area contributed by atoms with Gasteiger partial charge >= 0.3 is 0 Å². The van der Waals surface area contributed by atoms with Gasteiger partial charge in [-0.05, 0) is 12.1 Å². The van der Waals surface area contributed by atoms with Crippen molar-refractivity contribution in [1.82, 2.24) is 9.78 Å². The highest BCUT2D eigenvalue weighted by molar-refractivity contribution is 5.72. The number of phenolic OH excluding ortho intramolecular Hbond substituents is 1. The Kier molecular flexibility index (Phi) is 2.63. The van der Waals surface area contributed by atoms with Crippen LogP contribution in [-0.2, 0) is 7.05 Å². The smallest absolute Gasteiger partial charge is 0.194 e. The number of anilines is 1. The molecule has 2 rings (SSSR count). The Morgan fingerprint density at radius 1 is 1.47 bits per heavy atom. The number of halogens is 1. The van der Waals surface area contributed by atoms with Gasteiger partial charge in [-0.1, -0.05) is 0 Å². The van der Waals surface area contributed by atoms with E-state index in [4.69, 9.17) is 10.5 Å². The summed E-state index contributed by atoms with van der Waals surface area (Å²) in [5, 5.41) is 13.7. The monoisotopic (exact) mass is 237 g/mol. The number of methoxy groups -OCH3 is 1. The van der Waals surface area contributed by atoms with Gasteiger partial charge in [0.05, 0.1) is 12.8 Å². The highest BCUT2D eigenvalue weighted by atomic mass is 19.1.